The largest absolute Gasteiger partial charge is 0.322 e. The van der Waals surface area contributed by atoms with E-state index in [1.165, 1.54) is 18.2 Å². The van der Waals surface area contributed by atoms with Crippen molar-refractivity contribution in [3.63, 3.8) is 0 Å². The molecule has 4 aromatic rings. The number of rotatable bonds is 6. The number of hydrogen-bond acceptors (Lipinski definition) is 4. The zero-order valence-electron chi connectivity index (χ0n) is 18.3. The maximum Gasteiger partial charge on any atom is 0.257 e. The summed E-state index contributed by atoms with van der Waals surface area (Å²) in [6.07, 6.45) is 3.90. The van der Waals surface area contributed by atoms with Gasteiger partial charge < -0.3 is 9.72 Å². The zero-order valence-corrected chi connectivity index (χ0v) is 19.9. The molecule has 9 heteroatoms. The molecule has 0 aliphatic carbocycles. The van der Waals surface area contributed by atoms with E-state index in [0.29, 0.717) is 5.69 Å². The molecule has 0 unspecified atom stereocenters. The van der Waals surface area contributed by atoms with Crippen LogP contribution in [0.2, 0.25) is 5.02 Å². The monoisotopic (exact) mass is 482 g/mol. The molecule has 2 heterocycles. The number of halogens is 1. The smallest absolute Gasteiger partial charge is 0.257 e. The molecule has 0 bridgehead atoms. The number of nitrogens with one attached hydrogen (secondary N) is 2. The summed E-state index contributed by atoms with van der Waals surface area (Å²) in [5.41, 5.74) is 4.32. The predicted molar refractivity (Wildman–Crippen MR) is 130 cm³/mol. The number of imidazole rings is 1. The van der Waals surface area contributed by atoms with Gasteiger partial charge in [0, 0.05) is 29.7 Å². The van der Waals surface area contributed by atoms with E-state index in [0.717, 1.165) is 22.5 Å². The maximum absolute atomic E-state index is 12.8. The summed E-state index contributed by atoms with van der Waals surface area (Å²) in [6, 6.07) is 15.0. The highest BCUT2D eigenvalue weighted by Gasteiger charge is 2.20. The van der Waals surface area contributed by atoms with Gasteiger partial charge in [-0.3, -0.25) is 4.79 Å². The van der Waals surface area contributed by atoms with Gasteiger partial charge in [0.2, 0.25) is 10.0 Å². The van der Waals surface area contributed by atoms with Gasteiger partial charge >= 0.3 is 0 Å². The lowest BCUT2D eigenvalue weighted by atomic mass is 10.1. The van der Waals surface area contributed by atoms with E-state index in [1.54, 1.807) is 26.0 Å². The predicted octanol–water partition coefficient (Wildman–Crippen LogP) is 4.90. The van der Waals surface area contributed by atoms with Crippen molar-refractivity contribution in [3.8, 4) is 11.3 Å². The second kappa shape index (κ2) is 8.97. The third-order valence-corrected chi connectivity index (χ3v) is 6.99. The summed E-state index contributed by atoms with van der Waals surface area (Å²) in [5.74, 6) is -0.502. The van der Waals surface area contributed by atoms with Crippen molar-refractivity contribution < 1.29 is 13.2 Å². The van der Waals surface area contributed by atoms with Crippen molar-refractivity contribution in [1.82, 2.24) is 14.1 Å². The van der Waals surface area contributed by atoms with Crippen molar-refractivity contribution >= 4 is 38.9 Å². The molecule has 0 fully saturated rings. The molecule has 2 aromatic heterocycles. The first-order valence-electron chi connectivity index (χ1n) is 10.3. The molecule has 0 spiro atoms. The van der Waals surface area contributed by atoms with Crippen molar-refractivity contribution in [2.24, 2.45) is 0 Å². The van der Waals surface area contributed by atoms with E-state index in [2.05, 4.69) is 15.0 Å². The van der Waals surface area contributed by atoms with Crippen LogP contribution < -0.4 is 10.0 Å². The Kier molecular flexibility index (Phi) is 6.25. The van der Waals surface area contributed by atoms with Crippen molar-refractivity contribution in [1.29, 1.82) is 0 Å². The Bertz CT molecular complexity index is 1440. The molecule has 4 rings (SSSR count). The number of benzene rings is 2. The van der Waals surface area contributed by atoms with Crippen LogP contribution in [-0.4, -0.2) is 29.8 Å². The summed E-state index contributed by atoms with van der Waals surface area (Å²) in [5, 5.41) is 2.93. The molecular formula is C24H23ClN4O3S. The Morgan fingerprint density at radius 1 is 1.09 bits per heavy atom. The normalized spacial score (nSPS) is 11.8. The van der Waals surface area contributed by atoms with Gasteiger partial charge in [0.15, 0.2) is 0 Å². The summed E-state index contributed by atoms with van der Waals surface area (Å²) < 4.78 is 29.4. The second-order valence-electron chi connectivity index (χ2n) is 8.00. The van der Waals surface area contributed by atoms with Crippen LogP contribution in [0.3, 0.4) is 0 Å². The summed E-state index contributed by atoms with van der Waals surface area (Å²) in [6.45, 7) is 5.45. The number of amides is 1. The standard InChI is InChI=1S/C24H23ClN4O3S/c1-15(2)28-33(31,32)19-10-11-21(25)20(13-19)24(30)26-18-8-6-17(7-9-18)22-14-29-12-4-5-16(3)23(29)27-22/h4-15,28H,1-3H3,(H,26,30). The molecule has 0 saturated heterocycles. The number of sulfonamides is 1. The van der Waals surface area contributed by atoms with Crippen LogP contribution in [0.25, 0.3) is 16.9 Å². The average Bonchev–Trinajstić information content (AvgIpc) is 3.19. The number of aromatic nitrogens is 2. The summed E-state index contributed by atoms with van der Waals surface area (Å²) in [4.78, 5) is 17.5. The molecule has 0 atom stereocenters. The van der Waals surface area contributed by atoms with E-state index in [1.807, 2.05) is 48.0 Å². The minimum atomic E-state index is -3.75. The first-order valence-corrected chi connectivity index (χ1v) is 12.2. The lowest BCUT2D eigenvalue weighted by Crippen LogP contribution is -2.30. The van der Waals surface area contributed by atoms with Crippen molar-refractivity contribution in [3.05, 3.63) is 83.1 Å². The molecule has 0 radical (unpaired) electrons. The number of anilines is 1. The first kappa shape index (κ1) is 23.0. The van der Waals surface area contributed by atoms with Gasteiger partial charge in [-0.2, -0.15) is 0 Å². The lowest BCUT2D eigenvalue weighted by molar-refractivity contribution is 0.102. The minimum Gasteiger partial charge on any atom is -0.322 e. The Morgan fingerprint density at radius 2 is 1.82 bits per heavy atom. The minimum absolute atomic E-state index is 0.0248. The zero-order chi connectivity index (χ0) is 23.8. The van der Waals surface area contributed by atoms with Gasteiger partial charge in [0.1, 0.15) is 5.65 Å². The number of pyridine rings is 1. The molecule has 7 nitrogen and oxygen atoms in total. The van der Waals surface area contributed by atoms with Crippen LogP contribution in [0.1, 0.15) is 29.8 Å². The van der Waals surface area contributed by atoms with Crippen molar-refractivity contribution in [2.45, 2.75) is 31.7 Å². The van der Waals surface area contributed by atoms with E-state index in [4.69, 9.17) is 11.6 Å². The fourth-order valence-electron chi connectivity index (χ4n) is 3.44. The molecule has 1 amide bonds. The Morgan fingerprint density at radius 3 is 2.48 bits per heavy atom. The van der Waals surface area contributed by atoms with Crippen LogP contribution in [0, 0.1) is 6.92 Å². The van der Waals surface area contributed by atoms with Gasteiger partial charge in [-0.05, 0) is 62.7 Å². The molecule has 0 aliphatic heterocycles. The van der Waals surface area contributed by atoms with E-state index in [9.17, 15) is 13.2 Å². The summed E-state index contributed by atoms with van der Waals surface area (Å²) in [7, 11) is -3.75. The number of carbonyl (C=O) groups is 1. The molecular weight excluding hydrogens is 460 g/mol. The Balaban J connectivity index is 1.55. The molecule has 0 saturated carbocycles. The van der Waals surface area contributed by atoms with Crippen LogP contribution in [0.15, 0.2) is 71.9 Å². The SMILES string of the molecule is Cc1cccn2cc(-c3ccc(NC(=O)c4cc(S(=O)(=O)NC(C)C)ccc4Cl)cc3)nc12. The third kappa shape index (κ3) is 4.93. The number of aryl methyl sites for hydroxylation is 1. The molecule has 0 aliphatic rings. The van der Waals surface area contributed by atoms with Crippen LogP contribution in [0.4, 0.5) is 5.69 Å². The maximum atomic E-state index is 12.8. The molecule has 2 aromatic carbocycles. The lowest BCUT2D eigenvalue weighted by Gasteiger charge is -2.12. The highest BCUT2D eigenvalue weighted by atomic mass is 35.5. The first-order chi connectivity index (χ1) is 15.6. The molecule has 170 valence electrons. The Labute approximate surface area is 197 Å². The number of carbonyl (C=O) groups excluding carboxylic acids is 1. The van der Waals surface area contributed by atoms with Gasteiger partial charge in [-0.1, -0.05) is 29.8 Å². The van der Waals surface area contributed by atoms with Crippen LogP contribution in [0.5, 0.6) is 0 Å². The van der Waals surface area contributed by atoms with Gasteiger partial charge in [-0.15, -0.1) is 0 Å². The number of hydrogen-bond donors (Lipinski definition) is 2. The second-order valence-corrected chi connectivity index (χ2v) is 10.1. The molecule has 2 N–H and O–H groups in total. The Hall–Kier alpha value is -3.20. The van der Waals surface area contributed by atoms with Crippen LogP contribution in [-0.2, 0) is 10.0 Å². The third-order valence-electron chi connectivity index (χ3n) is 5.00. The fourth-order valence-corrected chi connectivity index (χ4v) is 4.92. The molecule has 33 heavy (non-hydrogen) atoms. The van der Waals surface area contributed by atoms with E-state index >= 15 is 0 Å². The highest BCUT2D eigenvalue weighted by molar-refractivity contribution is 7.89. The van der Waals surface area contributed by atoms with Gasteiger partial charge in [-0.25, -0.2) is 18.1 Å². The quantitative estimate of drug-likeness (QED) is 0.408. The average molecular weight is 483 g/mol. The van der Waals surface area contributed by atoms with E-state index in [-0.39, 0.29) is 21.5 Å². The number of nitrogens with zero attached hydrogens (tertiary/aromatic N) is 2. The summed E-state index contributed by atoms with van der Waals surface area (Å²) >= 11 is 6.18. The fraction of sp³-hybridized carbons (Fsp3) is 0.167. The number of fused-ring (bicyclic) bond motifs is 1. The van der Waals surface area contributed by atoms with Crippen LogP contribution >= 0.6 is 11.6 Å². The van der Waals surface area contributed by atoms with Gasteiger partial charge in [0.05, 0.1) is 21.2 Å². The van der Waals surface area contributed by atoms with E-state index < -0.39 is 15.9 Å². The van der Waals surface area contributed by atoms with Crippen molar-refractivity contribution in [2.75, 3.05) is 5.32 Å². The van der Waals surface area contributed by atoms with Gasteiger partial charge in [0.25, 0.3) is 5.91 Å². The highest BCUT2D eigenvalue weighted by Crippen LogP contribution is 2.25. The topological polar surface area (TPSA) is 92.6 Å².